The largest absolute Gasteiger partial charge is 0.489 e. The van der Waals surface area contributed by atoms with Crippen LogP contribution in [0, 0.1) is 11.8 Å². The summed E-state index contributed by atoms with van der Waals surface area (Å²) in [4.78, 5) is 14.4. The molecular formula is C29H38ClNO3. The van der Waals surface area contributed by atoms with E-state index in [1.807, 2.05) is 6.07 Å². The highest BCUT2D eigenvalue weighted by Crippen LogP contribution is 2.44. The Balaban J connectivity index is 1.38. The summed E-state index contributed by atoms with van der Waals surface area (Å²) in [5.74, 6) is 0.793. The highest BCUT2D eigenvalue weighted by molar-refractivity contribution is 6.37. The minimum Gasteiger partial charge on any atom is -0.489 e. The molecule has 1 saturated carbocycles. The van der Waals surface area contributed by atoms with Crippen LogP contribution in [0.3, 0.4) is 0 Å². The Hall–Kier alpha value is -1.78. The van der Waals surface area contributed by atoms with Gasteiger partial charge in [0.15, 0.2) is 0 Å². The number of rotatable bonds is 6. The fourth-order valence-corrected chi connectivity index (χ4v) is 7.14. The van der Waals surface area contributed by atoms with Crippen molar-refractivity contribution in [3.8, 4) is 5.75 Å². The number of hydrogen-bond acceptors (Lipinski definition) is 3. The highest BCUT2D eigenvalue weighted by atomic mass is 35.5. The molecule has 2 aliphatic heterocycles. The van der Waals surface area contributed by atoms with Crippen molar-refractivity contribution in [1.82, 2.24) is 4.90 Å². The Kier molecular flexibility index (Phi) is 7.09. The van der Waals surface area contributed by atoms with E-state index in [4.69, 9.17) is 16.3 Å². The standard InChI is InChI=1S/C29H38ClNO3/c1-3-26(31-22-5-4-6-23(31)17-21(16-22)29(32)33)20-9-13-25-19(15-20)10-14-27(28(25)30)34-24-11-7-18(2)8-12-24/h9-10,13-15,18,21-24,26H,3-8,11-12,16-17H2,1-2H3,(H,32,33). The van der Waals surface area contributed by atoms with E-state index in [1.54, 1.807) is 0 Å². The van der Waals surface area contributed by atoms with Crippen molar-refractivity contribution in [3.05, 3.63) is 40.9 Å². The number of nitrogens with zero attached hydrogens (tertiary/aromatic N) is 1. The Morgan fingerprint density at radius 2 is 1.79 bits per heavy atom. The lowest BCUT2D eigenvalue weighted by atomic mass is 9.76. The van der Waals surface area contributed by atoms with Crippen LogP contribution in [0.2, 0.25) is 5.02 Å². The lowest BCUT2D eigenvalue weighted by molar-refractivity contribution is -0.147. The number of ether oxygens (including phenoxy) is 1. The van der Waals surface area contributed by atoms with Gasteiger partial charge in [-0.25, -0.2) is 0 Å². The molecule has 1 N–H and O–H groups in total. The van der Waals surface area contributed by atoms with Crippen LogP contribution >= 0.6 is 11.6 Å². The number of hydrogen-bond donors (Lipinski definition) is 1. The summed E-state index contributed by atoms with van der Waals surface area (Å²) in [6.07, 6.45) is 10.9. The lowest BCUT2D eigenvalue weighted by Gasteiger charge is -2.51. The van der Waals surface area contributed by atoms with E-state index in [0.717, 1.165) is 72.4 Å². The summed E-state index contributed by atoms with van der Waals surface area (Å²) in [6.45, 7) is 4.57. The van der Waals surface area contributed by atoms with Crippen molar-refractivity contribution in [1.29, 1.82) is 0 Å². The van der Waals surface area contributed by atoms with E-state index in [-0.39, 0.29) is 12.0 Å². The second kappa shape index (κ2) is 10.1. The lowest BCUT2D eigenvalue weighted by Crippen LogP contribution is -2.54. The van der Waals surface area contributed by atoms with E-state index in [1.165, 1.54) is 24.8 Å². The fourth-order valence-electron chi connectivity index (χ4n) is 6.86. The monoisotopic (exact) mass is 483 g/mol. The maximum Gasteiger partial charge on any atom is 0.306 e. The number of aliphatic carboxylic acids is 1. The average Bonchev–Trinajstić information content (AvgIpc) is 2.82. The molecule has 4 nitrogen and oxygen atoms in total. The maximum absolute atomic E-state index is 11.7. The number of halogens is 1. The minimum atomic E-state index is -0.620. The van der Waals surface area contributed by atoms with Gasteiger partial charge in [0.25, 0.3) is 0 Å². The van der Waals surface area contributed by atoms with Crippen LogP contribution < -0.4 is 4.74 Å². The van der Waals surface area contributed by atoms with Crippen LogP contribution in [0.4, 0.5) is 0 Å². The van der Waals surface area contributed by atoms with Crippen LogP contribution in [0.5, 0.6) is 5.75 Å². The molecule has 3 atom stereocenters. The molecule has 0 spiro atoms. The smallest absolute Gasteiger partial charge is 0.306 e. The zero-order valence-electron chi connectivity index (χ0n) is 20.5. The SMILES string of the molecule is CCC(c1ccc2c(Cl)c(OC3CCC(C)CC3)ccc2c1)N1C2CCCC1CC(C(=O)O)C2. The van der Waals surface area contributed by atoms with E-state index in [2.05, 4.69) is 43.0 Å². The average molecular weight is 484 g/mol. The van der Waals surface area contributed by atoms with E-state index in [9.17, 15) is 9.90 Å². The van der Waals surface area contributed by atoms with Crippen molar-refractivity contribution in [2.24, 2.45) is 11.8 Å². The quantitative estimate of drug-likeness (QED) is 0.459. The molecule has 2 bridgehead atoms. The Labute approximate surface area is 208 Å². The first-order chi connectivity index (χ1) is 16.4. The third-order valence-corrected chi connectivity index (χ3v) is 9.10. The molecule has 3 aliphatic rings. The summed E-state index contributed by atoms with van der Waals surface area (Å²) in [6, 6.07) is 11.9. The number of carboxylic acids is 1. The van der Waals surface area contributed by atoms with Gasteiger partial charge in [0.05, 0.1) is 17.0 Å². The fraction of sp³-hybridized carbons (Fsp3) is 0.621. The highest BCUT2D eigenvalue weighted by Gasteiger charge is 2.43. The summed E-state index contributed by atoms with van der Waals surface area (Å²) in [7, 11) is 0. The molecule has 3 unspecified atom stereocenters. The van der Waals surface area contributed by atoms with Crippen LogP contribution in [0.25, 0.3) is 10.8 Å². The molecule has 0 amide bonds. The molecule has 34 heavy (non-hydrogen) atoms. The van der Waals surface area contributed by atoms with Crippen molar-refractivity contribution >= 4 is 28.3 Å². The molecule has 3 fully saturated rings. The molecule has 5 rings (SSSR count). The summed E-state index contributed by atoms with van der Waals surface area (Å²) in [5, 5.41) is 12.5. The summed E-state index contributed by atoms with van der Waals surface area (Å²) in [5.41, 5.74) is 1.31. The molecule has 0 aromatic heterocycles. The summed E-state index contributed by atoms with van der Waals surface area (Å²) < 4.78 is 6.33. The molecule has 2 saturated heterocycles. The van der Waals surface area contributed by atoms with Gasteiger partial charge in [0.2, 0.25) is 0 Å². The first-order valence-electron chi connectivity index (χ1n) is 13.3. The second-order valence-corrected chi connectivity index (χ2v) is 11.4. The van der Waals surface area contributed by atoms with E-state index < -0.39 is 5.97 Å². The van der Waals surface area contributed by atoms with Gasteiger partial charge in [-0.05, 0) is 86.8 Å². The topological polar surface area (TPSA) is 49.8 Å². The van der Waals surface area contributed by atoms with E-state index in [0.29, 0.717) is 18.1 Å². The van der Waals surface area contributed by atoms with Crippen LogP contribution in [0.1, 0.15) is 89.7 Å². The van der Waals surface area contributed by atoms with Gasteiger partial charge in [-0.3, -0.25) is 9.69 Å². The normalized spacial score (nSPS) is 30.7. The predicted molar refractivity (Wildman–Crippen MR) is 138 cm³/mol. The third-order valence-electron chi connectivity index (χ3n) is 8.71. The molecule has 2 heterocycles. The summed E-state index contributed by atoms with van der Waals surface area (Å²) >= 11 is 6.84. The number of carboxylic acid groups (broad SMARTS) is 1. The van der Waals surface area contributed by atoms with Crippen LogP contribution in [-0.4, -0.2) is 34.2 Å². The molecule has 0 radical (unpaired) electrons. The number of carbonyl (C=O) groups is 1. The number of piperidine rings is 2. The number of fused-ring (bicyclic) bond motifs is 3. The molecular weight excluding hydrogens is 446 g/mol. The van der Waals surface area contributed by atoms with Crippen molar-refractivity contribution in [3.63, 3.8) is 0 Å². The predicted octanol–water partition coefficient (Wildman–Crippen LogP) is 7.62. The van der Waals surface area contributed by atoms with E-state index >= 15 is 0 Å². The molecule has 1 aliphatic carbocycles. The van der Waals surface area contributed by atoms with Gasteiger partial charge >= 0.3 is 5.97 Å². The van der Waals surface area contributed by atoms with Crippen LogP contribution in [-0.2, 0) is 4.79 Å². The third kappa shape index (κ3) is 4.68. The molecule has 2 aromatic rings. The Morgan fingerprint density at radius 3 is 2.44 bits per heavy atom. The second-order valence-electron chi connectivity index (χ2n) is 11.0. The molecule has 5 heteroatoms. The first-order valence-corrected chi connectivity index (χ1v) is 13.7. The van der Waals surface area contributed by atoms with Crippen molar-refractivity contribution < 1.29 is 14.6 Å². The first kappa shape index (κ1) is 23.9. The van der Waals surface area contributed by atoms with Gasteiger partial charge in [-0.1, -0.05) is 50.1 Å². The zero-order valence-corrected chi connectivity index (χ0v) is 21.3. The van der Waals surface area contributed by atoms with Gasteiger partial charge in [-0.15, -0.1) is 0 Å². The van der Waals surface area contributed by atoms with Gasteiger partial charge in [0.1, 0.15) is 5.75 Å². The molecule has 184 valence electrons. The zero-order chi connectivity index (χ0) is 23.8. The maximum atomic E-state index is 11.7. The van der Waals surface area contributed by atoms with Gasteiger partial charge in [0, 0.05) is 23.5 Å². The van der Waals surface area contributed by atoms with Gasteiger partial charge < -0.3 is 9.84 Å². The minimum absolute atomic E-state index is 0.190. The Bertz CT molecular complexity index is 1020. The molecule has 2 aromatic carbocycles. The number of benzene rings is 2. The Morgan fingerprint density at radius 1 is 1.09 bits per heavy atom. The van der Waals surface area contributed by atoms with Gasteiger partial charge in [-0.2, -0.15) is 0 Å². The van der Waals surface area contributed by atoms with Crippen molar-refractivity contribution in [2.45, 2.75) is 102 Å². The van der Waals surface area contributed by atoms with Crippen molar-refractivity contribution in [2.75, 3.05) is 0 Å². The van der Waals surface area contributed by atoms with Crippen LogP contribution in [0.15, 0.2) is 30.3 Å².